The summed E-state index contributed by atoms with van der Waals surface area (Å²) in [6.07, 6.45) is 1.83. The van der Waals surface area contributed by atoms with E-state index in [1.807, 2.05) is 6.92 Å². The van der Waals surface area contributed by atoms with E-state index < -0.39 is 0 Å². The minimum atomic E-state index is -0.111. The lowest BCUT2D eigenvalue weighted by atomic mass is 10.0. The fourth-order valence-electron chi connectivity index (χ4n) is 1.79. The summed E-state index contributed by atoms with van der Waals surface area (Å²) in [7, 11) is 1.58. The van der Waals surface area contributed by atoms with Crippen molar-refractivity contribution in [2.75, 3.05) is 26.7 Å². The molecule has 1 unspecified atom stereocenters. The highest BCUT2D eigenvalue weighted by atomic mass is 16.2. The number of likely N-dealkylation sites (tertiary alicyclic amines) is 1. The molecule has 0 bridgehead atoms. The Morgan fingerprint density at radius 1 is 1.60 bits per heavy atom. The lowest BCUT2D eigenvalue weighted by Gasteiger charge is -2.31. The third-order valence-electron chi connectivity index (χ3n) is 2.59. The smallest absolute Gasteiger partial charge is 0.240 e. The number of amides is 2. The average Bonchev–Trinajstić information content (AvgIpc) is 2.24. The van der Waals surface area contributed by atoms with Crippen molar-refractivity contribution in [3.05, 3.63) is 0 Å². The molecule has 0 radical (unpaired) electrons. The minimum absolute atomic E-state index is 0.0479. The molecule has 0 saturated carbocycles. The van der Waals surface area contributed by atoms with Crippen LogP contribution in [0.2, 0.25) is 0 Å². The van der Waals surface area contributed by atoms with Gasteiger partial charge in [-0.1, -0.05) is 6.92 Å². The molecule has 0 aromatic rings. The molecule has 1 atom stereocenters. The Labute approximate surface area is 90.2 Å². The Bertz CT molecular complexity index is 241. The van der Waals surface area contributed by atoms with Crippen LogP contribution >= 0.6 is 0 Å². The van der Waals surface area contributed by atoms with Crippen LogP contribution in [0.3, 0.4) is 0 Å². The molecule has 1 saturated heterocycles. The number of rotatable bonds is 4. The second-order valence-corrected chi connectivity index (χ2v) is 3.69. The predicted molar refractivity (Wildman–Crippen MR) is 57.3 cm³/mol. The largest absolute Gasteiger partial charge is 0.358 e. The van der Waals surface area contributed by atoms with Crippen molar-refractivity contribution in [1.82, 2.24) is 15.5 Å². The molecular formula is C10H19N3O2. The van der Waals surface area contributed by atoms with Crippen molar-refractivity contribution in [2.24, 2.45) is 0 Å². The van der Waals surface area contributed by atoms with E-state index in [2.05, 4.69) is 10.6 Å². The molecule has 15 heavy (non-hydrogen) atoms. The first-order valence-corrected chi connectivity index (χ1v) is 5.41. The van der Waals surface area contributed by atoms with Gasteiger partial charge in [0.15, 0.2) is 0 Å². The van der Waals surface area contributed by atoms with Crippen LogP contribution in [0, 0.1) is 0 Å². The fraction of sp³-hybridized carbons (Fsp3) is 0.800. The molecule has 5 nitrogen and oxygen atoms in total. The average molecular weight is 213 g/mol. The topological polar surface area (TPSA) is 61.4 Å². The second kappa shape index (κ2) is 5.70. The van der Waals surface area contributed by atoms with Crippen molar-refractivity contribution < 1.29 is 9.59 Å². The molecule has 1 heterocycles. The van der Waals surface area contributed by atoms with Crippen molar-refractivity contribution in [3.8, 4) is 0 Å². The van der Waals surface area contributed by atoms with E-state index in [-0.39, 0.29) is 24.4 Å². The Morgan fingerprint density at radius 2 is 2.33 bits per heavy atom. The molecule has 0 aliphatic carbocycles. The molecule has 2 amide bonds. The highest BCUT2D eigenvalue weighted by Crippen LogP contribution is 2.11. The quantitative estimate of drug-likeness (QED) is 0.651. The van der Waals surface area contributed by atoms with Gasteiger partial charge in [-0.25, -0.2) is 0 Å². The molecule has 0 spiro atoms. The van der Waals surface area contributed by atoms with Gasteiger partial charge >= 0.3 is 0 Å². The van der Waals surface area contributed by atoms with Crippen molar-refractivity contribution in [2.45, 2.75) is 25.8 Å². The van der Waals surface area contributed by atoms with Crippen LogP contribution in [-0.4, -0.2) is 49.4 Å². The second-order valence-electron chi connectivity index (χ2n) is 3.69. The number of hydrogen-bond acceptors (Lipinski definition) is 3. The standard InChI is InChI=1S/C10H19N3O2/c1-3-12-8-5-4-6-13(10(8)15)7-9(14)11-2/h8,12H,3-7H2,1-2H3,(H,11,14). The summed E-state index contributed by atoms with van der Waals surface area (Å²) in [6.45, 7) is 3.63. The zero-order valence-corrected chi connectivity index (χ0v) is 9.38. The first-order valence-electron chi connectivity index (χ1n) is 5.41. The predicted octanol–water partition coefficient (Wildman–Crippen LogP) is -0.667. The maximum absolute atomic E-state index is 11.9. The number of nitrogens with one attached hydrogen (secondary N) is 2. The number of carbonyl (C=O) groups excluding carboxylic acids is 2. The summed E-state index contributed by atoms with van der Waals surface area (Å²) in [5.74, 6) is -0.0628. The van der Waals surface area contributed by atoms with Gasteiger partial charge in [-0.2, -0.15) is 0 Å². The van der Waals surface area contributed by atoms with Crippen LogP contribution in [0.1, 0.15) is 19.8 Å². The SMILES string of the molecule is CCNC1CCCN(CC(=O)NC)C1=O. The van der Waals surface area contributed by atoms with Gasteiger partial charge in [0.1, 0.15) is 0 Å². The van der Waals surface area contributed by atoms with E-state index in [1.165, 1.54) is 0 Å². The van der Waals surface area contributed by atoms with Gasteiger partial charge in [0.2, 0.25) is 11.8 Å². The fourth-order valence-corrected chi connectivity index (χ4v) is 1.79. The van der Waals surface area contributed by atoms with Gasteiger partial charge in [0.25, 0.3) is 0 Å². The molecule has 1 aliphatic rings. The van der Waals surface area contributed by atoms with Crippen molar-refractivity contribution >= 4 is 11.8 Å². The number of hydrogen-bond donors (Lipinski definition) is 2. The summed E-state index contributed by atoms with van der Waals surface area (Å²) in [4.78, 5) is 24.6. The van der Waals surface area contributed by atoms with E-state index in [0.717, 1.165) is 19.4 Å². The van der Waals surface area contributed by atoms with E-state index in [1.54, 1.807) is 11.9 Å². The van der Waals surface area contributed by atoms with Crippen LogP contribution in [0.4, 0.5) is 0 Å². The Hall–Kier alpha value is -1.10. The summed E-state index contributed by atoms with van der Waals surface area (Å²) in [5, 5.41) is 5.66. The molecular weight excluding hydrogens is 194 g/mol. The lowest BCUT2D eigenvalue weighted by Crippen LogP contribution is -2.52. The number of nitrogens with zero attached hydrogens (tertiary/aromatic N) is 1. The summed E-state index contributed by atoms with van der Waals surface area (Å²) in [6, 6.07) is -0.103. The zero-order chi connectivity index (χ0) is 11.3. The Morgan fingerprint density at radius 3 is 2.93 bits per heavy atom. The van der Waals surface area contributed by atoms with Crippen LogP contribution in [0.25, 0.3) is 0 Å². The molecule has 1 aliphatic heterocycles. The third kappa shape index (κ3) is 3.20. The first-order chi connectivity index (χ1) is 7.19. The number of carbonyl (C=O) groups is 2. The normalized spacial score (nSPS) is 21.6. The maximum Gasteiger partial charge on any atom is 0.240 e. The number of piperidine rings is 1. The summed E-state index contributed by atoms with van der Waals surface area (Å²) < 4.78 is 0. The molecule has 86 valence electrons. The Balaban J connectivity index is 2.50. The van der Waals surface area contributed by atoms with Crippen LogP contribution in [-0.2, 0) is 9.59 Å². The molecule has 0 aromatic heterocycles. The zero-order valence-electron chi connectivity index (χ0n) is 9.38. The van der Waals surface area contributed by atoms with Crippen LogP contribution in [0.5, 0.6) is 0 Å². The highest BCUT2D eigenvalue weighted by Gasteiger charge is 2.28. The maximum atomic E-state index is 11.9. The molecule has 0 aromatic carbocycles. The van der Waals surface area contributed by atoms with Crippen molar-refractivity contribution in [1.29, 1.82) is 0 Å². The van der Waals surface area contributed by atoms with Gasteiger partial charge < -0.3 is 15.5 Å². The van der Waals surface area contributed by atoms with Gasteiger partial charge in [-0.3, -0.25) is 9.59 Å². The van der Waals surface area contributed by atoms with Gasteiger partial charge in [-0.05, 0) is 19.4 Å². The van der Waals surface area contributed by atoms with E-state index in [0.29, 0.717) is 6.54 Å². The van der Waals surface area contributed by atoms with Gasteiger partial charge in [-0.15, -0.1) is 0 Å². The molecule has 2 N–H and O–H groups in total. The molecule has 1 fully saturated rings. The van der Waals surface area contributed by atoms with E-state index in [9.17, 15) is 9.59 Å². The molecule has 1 rings (SSSR count). The van der Waals surface area contributed by atoms with Crippen LogP contribution < -0.4 is 10.6 Å². The summed E-state index contributed by atoms with van der Waals surface area (Å²) in [5.41, 5.74) is 0. The van der Waals surface area contributed by atoms with Gasteiger partial charge in [0, 0.05) is 13.6 Å². The lowest BCUT2D eigenvalue weighted by molar-refractivity contribution is -0.139. The van der Waals surface area contributed by atoms with Crippen molar-refractivity contribution in [3.63, 3.8) is 0 Å². The summed E-state index contributed by atoms with van der Waals surface area (Å²) >= 11 is 0. The minimum Gasteiger partial charge on any atom is -0.358 e. The third-order valence-corrected chi connectivity index (χ3v) is 2.59. The Kier molecular flexibility index (Phi) is 4.55. The highest BCUT2D eigenvalue weighted by molar-refractivity contribution is 5.87. The van der Waals surface area contributed by atoms with Crippen LogP contribution in [0.15, 0.2) is 0 Å². The van der Waals surface area contributed by atoms with Gasteiger partial charge in [0.05, 0.1) is 12.6 Å². The number of likely N-dealkylation sites (N-methyl/N-ethyl adjacent to an activating group) is 2. The van der Waals surface area contributed by atoms with E-state index in [4.69, 9.17) is 0 Å². The molecule has 5 heteroatoms. The monoisotopic (exact) mass is 213 g/mol. The van der Waals surface area contributed by atoms with E-state index >= 15 is 0 Å². The first kappa shape index (κ1) is 12.0.